The number of phenolic OH excluding ortho intramolecular Hbond substituents is 2. The van der Waals surface area contributed by atoms with Gasteiger partial charge in [0.15, 0.2) is 0 Å². The summed E-state index contributed by atoms with van der Waals surface area (Å²) >= 11 is 0. The second-order valence-corrected chi connectivity index (χ2v) is 8.76. The zero-order chi connectivity index (χ0) is 26.1. The molecule has 0 aliphatic carbocycles. The number of amides is 1. The maximum absolute atomic E-state index is 13.9. The molecule has 0 aliphatic heterocycles. The van der Waals surface area contributed by atoms with E-state index in [1.165, 1.54) is 17.0 Å². The highest BCUT2D eigenvalue weighted by Gasteiger charge is 2.22. The summed E-state index contributed by atoms with van der Waals surface area (Å²) < 4.78 is 27.8. The average Bonchev–Trinajstić information content (AvgIpc) is 2.86. The number of halogens is 2. The van der Waals surface area contributed by atoms with E-state index in [0.717, 1.165) is 52.0 Å². The summed E-state index contributed by atoms with van der Waals surface area (Å²) in [7, 11) is 0. The van der Waals surface area contributed by atoms with Crippen molar-refractivity contribution in [1.82, 2.24) is 4.98 Å². The molecule has 184 valence electrons. The van der Waals surface area contributed by atoms with Gasteiger partial charge in [0, 0.05) is 28.8 Å². The molecule has 1 amide bonds. The number of hydrogen-bond donors (Lipinski definition) is 2. The zero-order valence-corrected chi connectivity index (χ0v) is 19.8. The highest BCUT2D eigenvalue weighted by atomic mass is 19.1. The first-order valence-corrected chi connectivity index (χ1v) is 11.5. The van der Waals surface area contributed by atoms with Crippen LogP contribution in [0.5, 0.6) is 11.5 Å². The van der Waals surface area contributed by atoms with Gasteiger partial charge in [-0.1, -0.05) is 30.3 Å². The van der Waals surface area contributed by atoms with Crippen LogP contribution in [0.25, 0.3) is 22.2 Å². The molecular formula is C30H22F2N2O3. The van der Waals surface area contributed by atoms with Crippen molar-refractivity contribution < 1.29 is 23.8 Å². The van der Waals surface area contributed by atoms with Crippen LogP contribution >= 0.6 is 0 Å². The number of benzene rings is 4. The molecule has 5 rings (SSSR count). The molecule has 0 saturated carbocycles. The smallest absolute Gasteiger partial charge is 0.262 e. The van der Waals surface area contributed by atoms with E-state index < -0.39 is 23.3 Å². The first-order chi connectivity index (χ1) is 17.8. The van der Waals surface area contributed by atoms with E-state index in [0.29, 0.717) is 5.69 Å². The van der Waals surface area contributed by atoms with Crippen molar-refractivity contribution in [1.29, 1.82) is 0 Å². The van der Waals surface area contributed by atoms with Crippen LogP contribution in [0.4, 0.5) is 14.5 Å². The molecule has 0 saturated heterocycles. The highest BCUT2D eigenvalue weighted by Crippen LogP contribution is 2.30. The number of nitrogens with zero attached hydrogens (tertiary/aromatic N) is 2. The summed E-state index contributed by atoms with van der Waals surface area (Å²) in [5.41, 5.74) is 4.11. The van der Waals surface area contributed by atoms with E-state index >= 15 is 0 Å². The summed E-state index contributed by atoms with van der Waals surface area (Å²) in [6.07, 6.45) is 0. The number of aromatic nitrogens is 1. The molecule has 5 nitrogen and oxygen atoms in total. The second kappa shape index (κ2) is 9.70. The molecular weight excluding hydrogens is 474 g/mol. The number of carbonyl (C=O) groups is 1. The molecule has 0 fully saturated rings. The minimum Gasteiger partial charge on any atom is -0.508 e. The summed E-state index contributed by atoms with van der Waals surface area (Å²) in [5, 5.41) is 20.9. The quantitative estimate of drug-likeness (QED) is 0.282. The average molecular weight is 497 g/mol. The largest absolute Gasteiger partial charge is 0.508 e. The lowest BCUT2D eigenvalue weighted by Crippen LogP contribution is -2.30. The van der Waals surface area contributed by atoms with Gasteiger partial charge in [-0.3, -0.25) is 4.79 Å². The van der Waals surface area contributed by atoms with Crippen molar-refractivity contribution in [3.63, 3.8) is 0 Å². The van der Waals surface area contributed by atoms with E-state index in [1.54, 1.807) is 12.1 Å². The number of anilines is 1. The van der Waals surface area contributed by atoms with Crippen LogP contribution in [0.2, 0.25) is 0 Å². The molecule has 0 atom stereocenters. The Morgan fingerprint density at radius 1 is 0.865 bits per heavy atom. The van der Waals surface area contributed by atoms with Crippen molar-refractivity contribution in [2.75, 3.05) is 4.90 Å². The van der Waals surface area contributed by atoms with Crippen molar-refractivity contribution in [2.24, 2.45) is 0 Å². The molecule has 0 spiro atoms. The number of para-hydroxylation sites is 1. The van der Waals surface area contributed by atoms with E-state index in [4.69, 9.17) is 4.98 Å². The van der Waals surface area contributed by atoms with Gasteiger partial charge >= 0.3 is 0 Å². The Morgan fingerprint density at radius 2 is 1.57 bits per heavy atom. The van der Waals surface area contributed by atoms with Gasteiger partial charge in [0.25, 0.3) is 5.91 Å². The number of hydrogen-bond acceptors (Lipinski definition) is 4. The lowest BCUT2D eigenvalue weighted by molar-refractivity contribution is 0.0982. The number of carbonyl (C=O) groups excluding carboxylic acids is 1. The van der Waals surface area contributed by atoms with Crippen LogP contribution in [-0.2, 0) is 6.54 Å². The van der Waals surface area contributed by atoms with Crippen LogP contribution in [-0.4, -0.2) is 21.1 Å². The van der Waals surface area contributed by atoms with Crippen LogP contribution in [0.3, 0.4) is 0 Å². The van der Waals surface area contributed by atoms with Gasteiger partial charge in [0.2, 0.25) is 0 Å². The van der Waals surface area contributed by atoms with Crippen molar-refractivity contribution in [3.8, 4) is 22.8 Å². The van der Waals surface area contributed by atoms with Crippen LogP contribution < -0.4 is 4.90 Å². The molecule has 0 unspecified atom stereocenters. The van der Waals surface area contributed by atoms with Crippen molar-refractivity contribution >= 4 is 22.5 Å². The Morgan fingerprint density at radius 3 is 2.27 bits per heavy atom. The molecule has 1 heterocycles. The monoisotopic (exact) mass is 496 g/mol. The SMILES string of the molecule is Cc1cc2ccccc2nc1-c1ccc(N(Cc2cc(F)cc(F)c2)C(=O)c2ccc(O)cc2O)cc1. The first-order valence-electron chi connectivity index (χ1n) is 11.5. The third-order valence-corrected chi connectivity index (χ3v) is 6.09. The fourth-order valence-electron chi connectivity index (χ4n) is 4.32. The van der Waals surface area contributed by atoms with Gasteiger partial charge in [-0.05, 0) is 66.6 Å². The summed E-state index contributed by atoms with van der Waals surface area (Å²) in [4.78, 5) is 19.6. The van der Waals surface area contributed by atoms with Gasteiger partial charge < -0.3 is 15.1 Å². The van der Waals surface area contributed by atoms with Crippen LogP contribution in [0, 0.1) is 18.6 Å². The normalized spacial score (nSPS) is 11.0. The van der Waals surface area contributed by atoms with Gasteiger partial charge in [-0.2, -0.15) is 0 Å². The summed E-state index contributed by atoms with van der Waals surface area (Å²) in [5.74, 6) is -2.73. The van der Waals surface area contributed by atoms with Gasteiger partial charge in [-0.25, -0.2) is 13.8 Å². The molecule has 7 heteroatoms. The third kappa shape index (κ3) is 4.97. The molecule has 4 aromatic carbocycles. The second-order valence-electron chi connectivity index (χ2n) is 8.76. The van der Waals surface area contributed by atoms with Crippen LogP contribution in [0.1, 0.15) is 21.5 Å². The molecule has 37 heavy (non-hydrogen) atoms. The Labute approximate surface area is 211 Å². The maximum atomic E-state index is 13.9. The molecule has 5 aromatic rings. The standard InChI is InChI=1S/C30H22F2N2O3/c1-18-12-21-4-2-3-5-27(21)33-29(18)20-6-8-24(9-7-20)34(17-19-13-22(31)15-23(32)14-19)30(37)26-11-10-25(35)16-28(26)36/h2-16,35-36H,17H2,1H3. The Hall–Kier alpha value is -4.78. The number of fused-ring (bicyclic) bond motifs is 1. The third-order valence-electron chi connectivity index (χ3n) is 6.09. The molecule has 1 aromatic heterocycles. The first kappa shape index (κ1) is 23.9. The highest BCUT2D eigenvalue weighted by molar-refractivity contribution is 6.08. The summed E-state index contributed by atoms with van der Waals surface area (Å²) in [6.45, 7) is 1.82. The lowest BCUT2D eigenvalue weighted by Gasteiger charge is -2.24. The lowest BCUT2D eigenvalue weighted by atomic mass is 10.0. The molecule has 0 bridgehead atoms. The predicted octanol–water partition coefficient (Wildman–Crippen LogP) is 6.75. The van der Waals surface area contributed by atoms with E-state index in [2.05, 4.69) is 6.07 Å². The molecule has 0 aliphatic rings. The number of aryl methyl sites for hydroxylation is 1. The minimum atomic E-state index is -0.761. The summed E-state index contributed by atoms with van der Waals surface area (Å²) in [6, 6.07) is 23.7. The van der Waals surface area contributed by atoms with Gasteiger partial charge in [0.1, 0.15) is 23.1 Å². The van der Waals surface area contributed by atoms with Gasteiger partial charge in [0.05, 0.1) is 23.3 Å². The van der Waals surface area contributed by atoms with E-state index in [-0.39, 0.29) is 23.4 Å². The molecule has 0 radical (unpaired) electrons. The number of aromatic hydroxyl groups is 2. The maximum Gasteiger partial charge on any atom is 0.262 e. The zero-order valence-electron chi connectivity index (χ0n) is 19.8. The Kier molecular flexibility index (Phi) is 6.27. The van der Waals surface area contributed by atoms with E-state index in [1.807, 2.05) is 43.3 Å². The fourth-order valence-corrected chi connectivity index (χ4v) is 4.32. The minimum absolute atomic E-state index is 0.0641. The Bertz CT molecular complexity index is 1610. The topological polar surface area (TPSA) is 73.7 Å². The van der Waals surface area contributed by atoms with Crippen molar-refractivity contribution in [3.05, 3.63) is 119 Å². The van der Waals surface area contributed by atoms with Crippen LogP contribution in [0.15, 0.2) is 91.0 Å². The molecule has 2 N–H and O–H groups in total. The predicted molar refractivity (Wildman–Crippen MR) is 139 cm³/mol. The number of phenols is 2. The number of pyridine rings is 1. The van der Waals surface area contributed by atoms with E-state index in [9.17, 15) is 23.8 Å². The fraction of sp³-hybridized carbons (Fsp3) is 0.0667. The Balaban J connectivity index is 1.55. The van der Waals surface area contributed by atoms with Crippen molar-refractivity contribution in [2.45, 2.75) is 13.5 Å². The van der Waals surface area contributed by atoms with Gasteiger partial charge in [-0.15, -0.1) is 0 Å². The number of rotatable bonds is 5.